The van der Waals surface area contributed by atoms with Crippen molar-refractivity contribution in [2.24, 2.45) is 7.05 Å². The van der Waals surface area contributed by atoms with Crippen molar-refractivity contribution < 1.29 is 0 Å². The molecular weight excluding hydrogens is 266 g/mol. The molecule has 0 spiro atoms. The Kier molecular flexibility index (Phi) is 3.41. The third-order valence-electron chi connectivity index (χ3n) is 2.61. The van der Waals surface area contributed by atoms with Crippen LogP contribution in [0.3, 0.4) is 0 Å². The second kappa shape index (κ2) is 4.80. The molecule has 1 aromatic heterocycles. The van der Waals surface area contributed by atoms with Gasteiger partial charge in [0.1, 0.15) is 5.82 Å². The molecule has 2 rings (SSSR count). The number of halogens is 1. The number of rotatable bonds is 3. The van der Waals surface area contributed by atoms with E-state index in [1.54, 1.807) is 0 Å². The SMILES string of the molecule is CNC(c1ccc(Br)cc1)c1nccn1C. The van der Waals surface area contributed by atoms with Crippen LogP contribution >= 0.6 is 15.9 Å². The third-order valence-corrected chi connectivity index (χ3v) is 3.14. The van der Waals surface area contributed by atoms with Crippen LogP contribution in [0.1, 0.15) is 17.4 Å². The molecule has 0 fully saturated rings. The van der Waals surface area contributed by atoms with Crippen molar-refractivity contribution in [2.75, 3.05) is 7.05 Å². The van der Waals surface area contributed by atoms with Gasteiger partial charge in [0.05, 0.1) is 6.04 Å². The number of benzene rings is 1. The number of imidazole rings is 1. The van der Waals surface area contributed by atoms with Gasteiger partial charge in [0.15, 0.2) is 0 Å². The summed E-state index contributed by atoms with van der Waals surface area (Å²) in [6.45, 7) is 0. The van der Waals surface area contributed by atoms with Crippen molar-refractivity contribution in [1.29, 1.82) is 0 Å². The second-order valence-electron chi connectivity index (χ2n) is 3.67. The molecule has 2 aromatic rings. The monoisotopic (exact) mass is 279 g/mol. The Morgan fingerprint density at radius 3 is 2.50 bits per heavy atom. The summed E-state index contributed by atoms with van der Waals surface area (Å²) >= 11 is 3.44. The smallest absolute Gasteiger partial charge is 0.130 e. The topological polar surface area (TPSA) is 29.9 Å². The zero-order valence-electron chi connectivity index (χ0n) is 9.31. The number of nitrogens with zero attached hydrogens (tertiary/aromatic N) is 2. The van der Waals surface area contributed by atoms with Gasteiger partial charge in [-0.25, -0.2) is 4.98 Å². The lowest BCUT2D eigenvalue weighted by Crippen LogP contribution is -2.21. The second-order valence-corrected chi connectivity index (χ2v) is 4.59. The van der Waals surface area contributed by atoms with E-state index in [-0.39, 0.29) is 6.04 Å². The third kappa shape index (κ3) is 2.18. The van der Waals surface area contributed by atoms with Crippen LogP contribution in [0.15, 0.2) is 41.1 Å². The maximum Gasteiger partial charge on any atom is 0.130 e. The van der Waals surface area contributed by atoms with Crippen LogP contribution in [-0.4, -0.2) is 16.6 Å². The summed E-state index contributed by atoms with van der Waals surface area (Å²) < 4.78 is 3.12. The van der Waals surface area contributed by atoms with Gasteiger partial charge in [0.25, 0.3) is 0 Å². The van der Waals surface area contributed by atoms with Gasteiger partial charge in [-0.1, -0.05) is 28.1 Å². The number of aryl methyl sites for hydroxylation is 1. The Morgan fingerprint density at radius 2 is 2.00 bits per heavy atom. The van der Waals surface area contributed by atoms with Crippen LogP contribution in [0.25, 0.3) is 0 Å². The van der Waals surface area contributed by atoms with Crippen molar-refractivity contribution >= 4 is 15.9 Å². The highest BCUT2D eigenvalue weighted by molar-refractivity contribution is 9.10. The Hall–Kier alpha value is -1.13. The Balaban J connectivity index is 2.37. The molecule has 16 heavy (non-hydrogen) atoms. The first-order valence-corrected chi connectivity index (χ1v) is 5.91. The zero-order chi connectivity index (χ0) is 11.5. The average molecular weight is 280 g/mol. The summed E-state index contributed by atoms with van der Waals surface area (Å²) in [5.41, 5.74) is 1.21. The molecule has 0 aliphatic heterocycles. The van der Waals surface area contributed by atoms with Crippen LogP contribution in [0.2, 0.25) is 0 Å². The van der Waals surface area contributed by atoms with Crippen LogP contribution in [0.4, 0.5) is 0 Å². The van der Waals surface area contributed by atoms with E-state index >= 15 is 0 Å². The molecule has 1 N–H and O–H groups in total. The van der Waals surface area contributed by atoms with Gasteiger partial charge in [-0.3, -0.25) is 0 Å². The van der Waals surface area contributed by atoms with E-state index < -0.39 is 0 Å². The summed E-state index contributed by atoms with van der Waals surface area (Å²) in [6.07, 6.45) is 3.77. The van der Waals surface area contributed by atoms with E-state index in [1.807, 2.05) is 43.2 Å². The molecule has 3 nitrogen and oxygen atoms in total. The highest BCUT2D eigenvalue weighted by Gasteiger charge is 2.15. The molecule has 4 heteroatoms. The quantitative estimate of drug-likeness (QED) is 0.936. The van der Waals surface area contributed by atoms with Crippen LogP contribution < -0.4 is 5.32 Å². The molecule has 1 atom stereocenters. The van der Waals surface area contributed by atoms with E-state index in [2.05, 4.69) is 38.4 Å². The van der Waals surface area contributed by atoms with Crippen molar-refractivity contribution in [3.8, 4) is 0 Å². The summed E-state index contributed by atoms with van der Waals surface area (Å²) in [6, 6.07) is 8.42. The molecule has 0 aliphatic rings. The Morgan fingerprint density at radius 1 is 1.31 bits per heavy atom. The summed E-state index contributed by atoms with van der Waals surface area (Å²) in [4.78, 5) is 4.37. The fourth-order valence-corrected chi connectivity index (χ4v) is 2.02. The predicted molar refractivity (Wildman–Crippen MR) is 68.3 cm³/mol. The predicted octanol–water partition coefficient (Wildman–Crippen LogP) is 2.49. The first kappa shape index (κ1) is 11.4. The van der Waals surface area contributed by atoms with E-state index in [9.17, 15) is 0 Å². The maximum atomic E-state index is 4.37. The highest BCUT2D eigenvalue weighted by Crippen LogP contribution is 2.21. The van der Waals surface area contributed by atoms with Gasteiger partial charge in [0, 0.05) is 23.9 Å². The van der Waals surface area contributed by atoms with Crippen molar-refractivity contribution in [2.45, 2.75) is 6.04 Å². The average Bonchev–Trinajstić information content (AvgIpc) is 2.69. The van der Waals surface area contributed by atoms with Gasteiger partial charge >= 0.3 is 0 Å². The molecule has 1 heterocycles. The normalized spacial score (nSPS) is 12.7. The van der Waals surface area contributed by atoms with Crippen LogP contribution in [0, 0.1) is 0 Å². The lowest BCUT2D eigenvalue weighted by molar-refractivity contribution is 0.617. The minimum atomic E-state index is 0.132. The molecule has 1 unspecified atom stereocenters. The number of aromatic nitrogens is 2. The van der Waals surface area contributed by atoms with Gasteiger partial charge in [-0.2, -0.15) is 0 Å². The zero-order valence-corrected chi connectivity index (χ0v) is 10.9. The molecule has 0 saturated heterocycles. The molecule has 0 saturated carbocycles. The van der Waals surface area contributed by atoms with Gasteiger partial charge in [-0.15, -0.1) is 0 Å². The molecular formula is C12H14BrN3. The number of nitrogens with one attached hydrogen (secondary N) is 1. The van der Waals surface area contributed by atoms with Gasteiger partial charge in [-0.05, 0) is 24.7 Å². The fourth-order valence-electron chi connectivity index (χ4n) is 1.76. The number of hydrogen-bond acceptors (Lipinski definition) is 2. The molecule has 0 aliphatic carbocycles. The first-order chi connectivity index (χ1) is 7.72. The van der Waals surface area contributed by atoms with Crippen LogP contribution in [-0.2, 0) is 7.05 Å². The van der Waals surface area contributed by atoms with Crippen molar-refractivity contribution in [1.82, 2.24) is 14.9 Å². The molecule has 0 bridgehead atoms. The van der Waals surface area contributed by atoms with Crippen LogP contribution in [0.5, 0.6) is 0 Å². The lowest BCUT2D eigenvalue weighted by Gasteiger charge is -2.16. The summed E-state index contributed by atoms with van der Waals surface area (Å²) in [7, 11) is 3.95. The Labute approximate surface area is 104 Å². The number of hydrogen-bond donors (Lipinski definition) is 1. The fraction of sp³-hybridized carbons (Fsp3) is 0.250. The standard InChI is InChI=1S/C12H14BrN3/c1-14-11(12-15-7-8-16(12)2)9-3-5-10(13)6-4-9/h3-8,11,14H,1-2H3. The van der Waals surface area contributed by atoms with E-state index in [4.69, 9.17) is 0 Å². The van der Waals surface area contributed by atoms with Gasteiger partial charge in [0.2, 0.25) is 0 Å². The molecule has 0 amide bonds. The van der Waals surface area contributed by atoms with Crippen molar-refractivity contribution in [3.63, 3.8) is 0 Å². The van der Waals surface area contributed by atoms with E-state index in [0.29, 0.717) is 0 Å². The van der Waals surface area contributed by atoms with Crippen molar-refractivity contribution in [3.05, 3.63) is 52.5 Å². The van der Waals surface area contributed by atoms with E-state index in [0.717, 1.165) is 10.3 Å². The maximum absolute atomic E-state index is 4.37. The summed E-state index contributed by atoms with van der Waals surface area (Å²) in [5.74, 6) is 1.02. The molecule has 1 aromatic carbocycles. The van der Waals surface area contributed by atoms with E-state index in [1.165, 1.54) is 5.56 Å². The Bertz CT molecular complexity index is 461. The molecule has 84 valence electrons. The lowest BCUT2D eigenvalue weighted by atomic mass is 10.1. The largest absolute Gasteiger partial charge is 0.336 e. The highest BCUT2D eigenvalue weighted by atomic mass is 79.9. The minimum Gasteiger partial charge on any atom is -0.336 e. The minimum absolute atomic E-state index is 0.132. The van der Waals surface area contributed by atoms with Gasteiger partial charge < -0.3 is 9.88 Å². The first-order valence-electron chi connectivity index (χ1n) is 5.12. The summed E-state index contributed by atoms with van der Waals surface area (Å²) in [5, 5.41) is 3.28. The molecule has 0 radical (unpaired) electrons.